The number of rotatable bonds is 5. The summed E-state index contributed by atoms with van der Waals surface area (Å²) in [6.45, 7) is 0. The maximum atomic E-state index is 5.80. The van der Waals surface area contributed by atoms with E-state index in [0.29, 0.717) is 5.25 Å². The van der Waals surface area contributed by atoms with Crippen molar-refractivity contribution in [1.29, 1.82) is 0 Å². The van der Waals surface area contributed by atoms with Gasteiger partial charge in [0.15, 0.2) is 11.5 Å². The number of ether oxygens (including phenoxy) is 2. The number of benzene rings is 1. The molecule has 0 radical (unpaired) electrons. The predicted octanol–water partition coefficient (Wildman–Crippen LogP) is 4.05. The van der Waals surface area contributed by atoms with Crippen LogP contribution in [0.3, 0.4) is 0 Å². The van der Waals surface area contributed by atoms with Crippen molar-refractivity contribution < 1.29 is 9.47 Å². The highest BCUT2D eigenvalue weighted by molar-refractivity contribution is 7.99. The van der Waals surface area contributed by atoms with Crippen LogP contribution >= 0.6 is 23.4 Å². The standard InChI is InChI=1S/C14H19ClO2S/c1-16-12-8-10-5-7-18-14(4-3-6-15)11(10)9-13(12)17-2/h8-9,14H,3-7H2,1-2H3. The molecule has 1 unspecified atom stereocenters. The van der Waals surface area contributed by atoms with Crippen LogP contribution in [-0.4, -0.2) is 25.9 Å². The molecule has 1 aliphatic heterocycles. The summed E-state index contributed by atoms with van der Waals surface area (Å²) < 4.78 is 10.8. The number of aryl methyl sites for hydroxylation is 1. The van der Waals surface area contributed by atoms with Crippen LogP contribution in [-0.2, 0) is 6.42 Å². The number of fused-ring (bicyclic) bond motifs is 1. The van der Waals surface area contributed by atoms with Crippen molar-refractivity contribution in [3.63, 3.8) is 0 Å². The fourth-order valence-corrected chi connectivity index (χ4v) is 3.86. The molecule has 0 saturated heterocycles. The van der Waals surface area contributed by atoms with Gasteiger partial charge in [-0.05, 0) is 48.3 Å². The van der Waals surface area contributed by atoms with E-state index in [1.54, 1.807) is 14.2 Å². The molecule has 2 nitrogen and oxygen atoms in total. The molecule has 0 bridgehead atoms. The van der Waals surface area contributed by atoms with E-state index in [4.69, 9.17) is 21.1 Å². The summed E-state index contributed by atoms with van der Waals surface area (Å²) in [5.74, 6) is 3.57. The number of halogens is 1. The zero-order chi connectivity index (χ0) is 13.0. The molecule has 1 aromatic carbocycles. The minimum absolute atomic E-state index is 0.548. The zero-order valence-electron chi connectivity index (χ0n) is 10.9. The van der Waals surface area contributed by atoms with Crippen molar-refractivity contribution in [3.8, 4) is 11.5 Å². The summed E-state index contributed by atoms with van der Waals surface area (Å²) in [5, 5.41) is 0.548. The topological polar surface area (TPSA) is 18.5 Å². The quantitative estimate of drug-likeness (QED) is 0.761. The van der Waals surface area contributed by atoms with Crippen LogP contribution in [0, 0.1) is 0 Å². The van der Waals surface area contributed by atoms with Gasteiger partial charge >= 0.3 is 0 Å². The maximum Gasteiger partial charge on any atom is 0.161 e. The Hall–Kier alpha value is -0.540. The Balaban J connectivity index is 2.31. The number of alkyl halides is 1. The fraction of sp³-hybridized carbons (Fsp3) is 0.571. The SMILES string of the molecule is COc1cc2c(cc1OC)C(CCCCl)SCC2. The van der Waals surface area contributed by atoms with Gasteiger partial charge in [0.1, 0.15) is 0 Å². The van der Waals surface area contributed by atoms with E-state index in [2.05, 4.69) is 12.1 Å². The molecule has 0 fully saturated rings. The lowest BCUT2D eigenvalue weighted by molar-refractivity contribution is 0.354. The molecule has 0 saturated carbocycles. The highest BCUT2D eigenvalue weighted by atomic mass is 35.5. The fourth-order valence-electron chi connectivity index (χ4n) is 2.36. The Morgan fingerprint density at radius 3 is 2.67 bits per heavy atom. The summed E-state index contributed by atoms with van der Waals surface area (Å²) in [7, 11) is 3.38. The number of hydrogen-bond acceptors (Lipinski definition) is 3. The van der Waals surface area contributed by atoms with Crippen molar-refractivity contribution in [2.24, 2.45) is 0 Å². The summed E-state index contributed by atoms with van der Waals surface area (Å²) in [6.07, 6.45) is 3.31. The maximum absolute atomic E-state index is 5.80. The average molecular weight is 287 g/mol. The Bertz CT molecular complexity index is 409. The molecule has 1 aliphatic rings. The van der Waals surface area contributed by atoms with E-state index in [-0.39, 0.29) is 0 Å². The van der Waals surface area contributed by atoms with E-state index in [0.717, 1.165) is 36.6 Å². The first-order valence-corrected chi connectivity index (χ1v) is 7.80. The van der Waals surface area contributed by atoms with Crippen molar-refractivity contribution in [2.75, 3.05) is 25.9 Å². The van der Waals surface area contributed by atoms with Crippen LogP contribution in [0.2, 0.25) is 0 Å². The molecular formula is C14H19ClO2S. The van der Waals surface area contributed by atoms with Crippen molar-refractivity contribution in [1.82, 2.24) is 0 Å². The Morgan fingerprint density at radius 2 is 2.00 bits per heavy atom. The van der Waals surface area contributed by atoms with Gasteiger partial charge < -0.3 is 9.47 Å². The second-order valence-corrected chi connectivity index (χ2v) is 6.04. The predicted molar refractivity (Wildman–Crippen MR) is 78.4 cm³/mol. The molecule has 0 N–H and O–H groups in total. The molecular weight excluding hydrogens is 268 g/mol. The van der Waals surface area contributed by atoms with E-state index in [1.165, 1.54) is 16.9 Å². The first-order chi connectivity index (χ1) is 8.80. The molecule has 18 heavy (non-hydrogen) atoms. The molecule has 1 heterocycles. The Morgan fingerprint density at radius 1 is 1.28 bits per heavy atom. The van der Waals surface area contributed by atoms with Gasteiger partial charge in [-0.1, -0.05) is 0 Å². The number of thioether (sulfide) groups is 1. The van der Waals surface area contributed by atoms with Crippen LogP contribution < -0.4 is 9.47 Å². The van der Waals surface area contributed by atoms with Gasteiger partial charge in [-0.15, -0.1) is 11.6 Å². The summed E-state index contributed by atoms with van der Waals surface area (Å²) >= 11 is 7.82. The monoisotopic (exact) mass is 286 g/mol. The Kier molecular flexibility index (Phi) is 5.07. The second-order valence-electron chi connectivity index (χ2n) is 4.35. The zero-order valence-corrected chi connectivity index (χ0v) is 12.4. The minimum atomic E-state index is 0.548. The van der Waals surface area contributed by atoms with Crippen molar-refractivity contribution >= 4 is 23.4 Å². The summed E-state index contributed by atoms with van der Waals surface area (Å²) in [4.78, 5) is 0. The third-order valence-corrected chi connectivity index (χ3v) is 4.88. The van der Waals surface area contributed by atoms with E-state index in [1.807, 2.05) is 11.8 Å². The van der Waals surface area contributed by atoms with E-state index in [9.17, 15) is 0 Å². The molecule has 1 atom stereocenters. The summed E-state index contributed by atoms with van der Waals surface area (Å²) in [5.41, 5.74) is 2.79. The molecule has 2 rings (SSSR count). The number of methoxy groups -OCH3 is 2. The molecule has 0 amide bonds. The first kappa shape index (κ1) is 13.9. The smallest absolute Gasteiger partial charge is 0.161 e. The summed E-state index contributed by atoms with van der Waals surface area (Å²) in [6, 6.07) is 4.26. The molecule has 0 spiro atoms. The van der Waals surface area contributed by atoms with Crippen molar-refractivity contribution in [3.05, 3.63) is 23.3 Å². The minimum Gasteiger partial charge on any atom is -0.493 e. The third-order valence-electron chi connectivity index (χ3n) is 3.28. The van der Waals surface area contributed by atoms with Gasteiger partial charge in [0.2, 0.25) is 0 Å². The van der Waals surface area contributed by atoms with Gasteiger partial charge in [-0.3, -0.25) is 0 Å². The lowest BCUT2D eigenvalue weighted by atomic mass is 9.98. The van der Waals surface area contributed by atoms with Crippen LogP contribution in [0.25, 0.3) is 0 Å². The number of hydrogen-bond donors (Lipinski definition) is 0. The van der Waals surface area contributed by atoms with Gasteiger partial charge in [-0.2, -0.15) is 11.8 Å². The highest BCUT2D eigenvalue weighted by Gasteiger charge is 2.22. The van der Waals surface area contributed by atoms with Crippen LogP contribution in [0.5, 0.6) is 11.5 Å². The lowest BCUT2D eigenvalue weighted by Gasteiger charge is -2.26. The van der Waals surface area contributed by atoms with Crippen LogP contribution in [0.15, 0.2) is 12.1 Å². The van der Waals surface area contributed by atoms with Gasteiger partial charge in [0.05, 0.1) is 14.2 Å². The normalized spacial score (nSPS) is 18.3. The lowest BCUT2D eigenvalue weighted by Crippen LogP contribution is -2.09. The molecule has 100 valence electrons. The average Bonchev–Trinajstić information content (AvgIpc) is 2.43. The van der Waals surface area contributed by atoms with Gasteiger partial charge in [0.25, 0.3) is 0 Å². The molecule has 4 heteroatoms. The first-order valence-electron chi connectivity index (χ1n) is 6.22. The van der Waals surface area contributed by atoms with Gasteiger partial charge in [0, 0.05) is 11.1 Å². The highest BCUT2D eigenvalue weighted by Crippen LogP contribution is 2.44. The van der Waals surface area contributed by atoms with E-state index >= 15 is 0 Å². The second kappa shape index (κ2) is 6.58. The molecule has 1 aromatic rings. The van der Waals surface area contributed by atoms with Crippen LogP contribution in [0.1, 0.15) is 29.2 Å². The third kappa shape index (κ3) is 2.89. The van der Waals surface area contributed by atoms with E-state index < -0.39 is 0 Å². The molecule has 0 aliphatic carbocycles. The van der Waals surface area contributed by atoms with Gasteiger partial charge in [-0.25, -0.2) is 0 Å². The molecule has 0 aromatic heterocycles. The van der Waals surface area contributed by atoms with Crippen LogP contribution in [0.4, 0.5) is 0 Å². The Labute approximate surface area is 118 Å². The van der Waals surface area contributed by atoms with Crippen molar-refractivity contribution in [2.45, 2.75) is 24.5 Å². The largest absolute Gasteiger partial charge is 0.493 e.